The van der Waals surface area contributed by atoms with Gasteiger partial charge in [0.05, 0.1) is 11.7 Å². The highest BCUT2D eigenvalue weighted by atomic mass is 79.9. The Balaban J connectivity index is 1.50. The van der Waals surface area contributed by atoms with E-state index in [1.54, 1.807) is 0 Å². The highest BCUT2D eigenvalue weighted by Crippen LogP contribution is 2.46. The Morgan fingerprint density at radius 2 is 2.00 bits per heavy atom. The third-order valence-electron chi connectivity index (χ3n) is 5.84. The second kappa shape index (κ2) is 5.36. The fourth-order valence-electron chi connectivity index (χ4n) is 4.57. The minimum atomic E-state index is 0.264. The SMILES string of the molecule is Brc1cccc(C2(CC3CCC4(CCCC4)O3)CNC2)c1. The smallest absolute Gasteiger partial charge is 0.0687 e. The fourth-order valence-corrected chi connectivity index (χ4v) is 4.97. The number of benzene rings is 1. The minimum Gasteiger partial charge on any atom is -0.372 e. The molecule has 1 aromatic rings. The second-order valence-corrected chi connectivity index (χ2v) is 8.18. The van der Waals surface area contributed by atoms with Crippen molar-refractivity contribution in [3.63, 3.8) is 0 Å². The lowest BCUT2D eigenvalue weighted by atomic mass is 9.71. The zero-order chi connectivity index (χ0) is 14.3. The molecule has 4 rings (SSSR count). The van der Waals surface area contributed by atoms with Crippen LogP contribution >= 0.6 is 15.9 Å². The summed E-state index contributed by atoms with van der Waals surface area (Å²) >= 11 is 3.62. The number of ether oxygens (including phenoxy) is 1. The molecule has 0 bridgehead atoms. The maximum absolute atomic E-state index is 6.55. The molecule has 21 heavy (non-hydrogen) atoms. The number of hydrogen-bond acceptors (Lipinski definition) is 2. The van der Waals surface area contributed by atoms with Gasteiger partial charge in [-0.15, -0.1) is 0 Å². The van der Waals surface area contributed by atoms with Gasteiger partial charge in [0.1, 0.15) is 0 Å². The molecule has 2 aliphatic heterocycles. The first-order chi connectivity index (χ1) is 10.2. The molecule has 1 aromatic carbocycles. The number of hydrogen-bond donors (Lipinski definition) is 1. The molecule has 1 N–H and O–H groups in total. The third-order valence-corrected chi connectivity index (χ3v) is 6.33. The largest absolute Gasteiger partial charge is 0.372 e. The van der Waals surface area contributed by atoms with Crippen LogP contribution in [0.5, 0.6) is 0 Å². The van der Waals surface area contributed by atoms with Crippen LogP contribution in [0.2, 0.25) is 0 Å². The standard InChI is InChI=1S/C18H24BrNO/c19-15-5-3-4-14(10-15)17(12-20-13-17)11-16-6-9-18(21-16)7-1-2-8-18/h3-5,10,16,20H,1-2,6-9,11-13H2. The van der Waals surface area contributed by atoms with Crippen molar-refractivity contribution in [1.29, 1.82) is 0 Å². The molecule has 1 unspecified atom stereocenters. The van der Waals surface area contributed by atoms with Gasteiger partial charge in [0.2, 0.25) is 0 Å². The Morgan fingerprint density at radius 1 is 1.19 bits per heavy atom. The quantitative estimate of drug-likeness (QED) is 0.883. The molecule has 3 heteroatoms. The van der Waals surface area contributed by atoms with Crippen LogP contribution in [-0.2, 0) is 10.2 Å². The molecule has 0 radical (unpaired) electrons. The topological polar surface area (TPSA) is 21.3 Å². The number of rotatable bonds is 3. The van der Waals surface area contributed by atoms with Crippen molar-refractivity contribution in [1.82, 2.24) is 5.32 Å². The molecule has 2 heterocycles. The van der Waals surface area contributed by atoms with Gasteiger partial charge in [-0.05, 0) is 49.8 Å². The average molecular weight is 350 g/mol. The van der Waals surface area contributed by atoms with Crippen molar-refractivity contribution < 1.29 is 4.74 Å². The van der Waals surface area contributed by atoms with E-state index in [-0.39, 0.29) is 5.60 Å². The van der Waals surface area contributed by atoms with E-state index in [9.17, 15) is 0 Å². The maximum atomic E-state index is 6.55. The first-order valence-electron chi connectivity index (χ1n) is 8.35. The van der Waals surface area contributed by atoms with Gasteiger partial charge in [-0.25, -0.2) is 0 Å². The highest BCUT2D eigenvalue weighted by Gasteiger charge is 2.47. The molecule has 1 saturated carbocycles. The van der Waals surface area contributed by atoms with Crippen LogP contribution in [0.1, 0.15) is 50.5 Å². The van der Waals surface area contributed by atoms with Crippen LogP contribution in [0.4, 0.5) is 0 Å². The summed E-state index contributed by atoms with van der Waals surface area (Å²) in [5.74, 6) is 0. The van der Waals surface area contributed by atoms with Gasteiger partial charge in [0.15, 0.2) is 0 Å². The van der Waals surface area contributed by atoms with Crippen LogP contribution in [-0.4, -0.2) is 24.8 Å². The molecule has 3 aliphatic rings. The summed E-state index contributed by atoms with van der Waals surface area (Å²) in [7, 11) is 0. The Hall–Kier alpha value is -0.380. The predicted molar refractivity (Wildman–Crippen MR) is 88.6 cm³/mol. The van der Waals surface area contributed by atoms with E-state index >= 15 is 0 Å². The van der Waals surface area contributed by atoms with E-state index in [2.05, 4.69) is 45.5 Å². The minimum absolute atomic E-state index is 0.264. The lowest BCUT2D eigenvalue weighted by Crippen LogP contribution is -2.58. The summed E-state index contributed by atoms with van der Waals surface area (Å²) in [4.78, 5) is 0. The van der Waals surface area contributed by atoms with Crippen molar-refractivity contribution in [2.75, 3.05) is 13.1 Å². The highest BCUT2D eigenvalue weighted by molar-refractivity contribution is 9.10. The molecule has 0 amide bonds. The number of halogens is 1. The Labute approximate surface area is 135 Å². The van der Waals surface area contributed by atoms with E-state index in [4.69, 9.17) is 4.74 Å². The van der Waals surface area contributed by atoms with E-state index < -0.39 is 0 Å². The average Bonchev–Trinajstić information content (AvgIpc) is 3.05. The molecule has 3 fully saturated rings. The Kier molecular flexibility index (Phi) is 3.63. The lowest BCUT2D eigenvalue weighted by Gasteiger charge is -2.45. The first-order valence-corrected chi connectivity index (χ1v) is 9.14. The molecule has 114 valence electrons. The molecule has 2 nitrogen and oxygen atoms in total. The zero-order valence-electron chi connectivity index (χ0n) is 12.5. The third kappa shape index (κ3) is 2.58. The van der Waals surface area contributed by atoms with E-state index in [1.165, 1.54) is 55.0 Å². The van der Waals surface area contributed by atoms with Crippen molar-refractivity contribution in [3.05, 3.63) is 34.3 Å². The van der Waals surface area contributed by atoms with E-state index in [0.29, 0.717) is 11.5 Å². The van der Waals surface area contributed by atoms with Crippen molar-refractivity contribution >= 4 is 15.9 Å². The molecule has 2 saturated heterocycles. The molecule has 1 spiro atoms. The first kappa shape index (κ1) is 14.2. The molecule has 0 aromatic heterocycles. The zero-order valence-corrected chi connectivity index (χ0v) is 14.1. The Morgan fingerprint density at radius 3 is 2.67 bits per heavy atom. The predicted octanol–water partition coefficient (Wildman–Crippen LogP) is 4.17. The van der Waals surface area contributed by atoms with Gasteiger partial charge in [-0.1, -0.05) is 40.9 Å². The van der Waals surface area contributed by atoms with Gasteiger partial charge in [-0.3, -0.25) is 0 Å². The van der Waals surface area contributed by atoms with Crippen LogP contribution in [0, 0.1) is 0 Å². The Bertz CT molecular complexity index is 520. The second-order valence-electron chi connectivity index (χ2n) is 7.27. The van der Waals surface area contributed by atoms with Gasteiger partial charge >= 0.3 is 0 Å². The normalized spacial score (nSPS) is 29.7. The van der Waals surface area contributed by atoms with Crippen molar-refractivity contribution in [2.24, 2.45) is 0 Å². The van der Waals surface area contributed by atoms with Crippen LogP contribution in [0.25, 0.3) is 0 Å². The molecular weight excluding hydrogens is 326 g/mol. The van der Waals surface area contributed by atoms with E-state index in [1.807, 2.05) is 0 Å². The van der Waals surface area contributed by atoms with Crippen molar-refractivity contribution in [2.45, 2.75) is 62.1 Å². The summed E-state index contributed by atoms with van der Waals surface area (Å²) in [6.07, 6.45) is 9.52. The summed E-state index contributed by atoms with van der Waals surface area (Å²) in [6, 6.07) is 8.85. The summed E-state index contributed by atoms with van der Waals surface area (Å²) in [5.41, 5.74) is 2.02. The van der Waals surface area contributed by atoms with E-state index in [0.717, 1.165) is 13.1 Å². The summed E-state index contributed by atoms with van der Waals surface area (Å²) < 4.78 is 7.74. The molecule has 1 aliphatic carbocycles. The molecular formula is C18H24BrNO. The maximum Gasteiger partial charge on any atom is 0.0687 e. The monoisotopic (exact) mass is 349 g/mol. The van der Waals surface area contributed by atoms with Crippen LogP contribution < -0.4 is 5.32 Å². The summed E-state index contributed by atoms with van der Waals surface area (Å²) in [6.45, 7) is 2.19. The van der Waals surface area contributed by atoms with Gasteiger partial charge in [0, 0.05) is 23.0 Å². The van der Waals surface area contributed by atoms with Gasteiger partial charge < -0.3 is 10.1 Å². The fraction of sp³-hybridized carbons (Fsp3) is 0.667. The lowest BCUT2D eigenvalue weighted by molar-refractivity contribution is -0.0501. The van der Waals surface area contributed by atoms with Crippen LogP contribution in [0.3, 0.4) is 0 Å². The van der Waals surface area contributed by atoms with Crippen LogP contribution in [0.15, 0.2) is 28.7 Å². The van der Waals surface area contributed by atoms with Crippen molar-refractivity contribution in [3.8, 4) is 0 Å². The molecule has 1 atom stereocenters. The van der Waals surface area contributed by atoms with Gasteiger partial charge in [0.25, 0.3) is 0 Å². The summed E-state index contributed by atoms with van der Waals surface area (Å²) in [5, 5.41) is 3.48. The van der Waals surface area contributed by atoms with Gasteiger partial charge in [-0.2, -0.15) is 0 Å². The number of nitrogens with one attached hydrogen (secondary N) is 1.